The van der Waals surface area contributed by atoms with Gasteiger partial charge >= 0.3 is 6.09 Å². The zero-order chi connectivity index (χ0) is 11.8. The molecule has 0 aromatic heterocycles. The molecular weight excluding hydrogens is 213 g/mol. The minimum Gasteiger partial charge on any atom is -0.465 e. The second kappa shape index (κ2) is 3.75. The van der Waals surface area contributed by atoms with E-state index < -0.39 is 11.7 Å². The van der Waals surface area contributed by atoms with Gasteiger partial charge in [-0.05, 0) is 24.1 Å². The van der Waals surface area contributed by atoms with E-state index in [4.69, 9.17) is 5.11 Å². The van der Waals surface area contributed by atoms with Gasteiger partial charge in [0.15, 0.2) is 0 Å². The Labute approximate surface area is 91.9 Å². The molecule has 1 fully saturated rings. The topological polar surface area (TPSA) is 60.8 Å². The molecule has 4 nitrogen and oxygen atoms in total. The van der Waals surface area contributed by atoms with Crippen LogP contribution in [0.5, 0.6) is 0 Å². The monoisotopic (exact) mass is 225 g/mol. The Morgan fingerprint density at radius 3 is 2.50 bits per heavy atom. The van der Waals surface area contributed by atoms with E-state index in [9.17, 15) is 14.3 Å². The summed E-state index contributed by atoms with van der Waals surface area (Å²) in [7, 11) is 0. The van der Waals surface area contributed by atoms with Crippen LogP contribution >= 0.6 is 0 Å². The number of β-amino-alcohol motifs (C(OH)–C–C–N with tert-alkyl or cyclic N) is 1. The molecule has 2 rings (SSSR count). The number of likely N-dealkylation sites (tertiary alicyclic amines) is 1. The van der Waals surface area contributed by atoms with Crippen molar-refractivity contribution in [2.24, 2.45) is 0 Å². The van der Waals surface area contributed by atoms with Crippen molar-refractivity contribution in [3.8, 4) is 0 Å². The maximum Gasteiger partial charge on any atom is 0.407 e. The molecule has 2 N–H and O–H groups in total. The second-order valence-corrected chi connectivity index (χ2v) is 3.99. The van der Waals surface area contributed by atoms with Crippen LogP contribution < -0.4 is 0 Å². The van der Waals surface area contributed by atoms with Gasteiger partial charge in [0.05, 0.1) is 6.54 Å². The Morgan fingerprint density at radius 1 is 1.38 bits per heavy atom. The molecule has 0 aliphatic carbocycles. The summed E-state index contributed by atoms with van der Waals surface area (Å²) < 4.78 is 12.7. The largest absolute Gasteiger partial charge is 0.465 e. The summed E-state index contributed by atoms with van der Waals surface area (Å²) in [4.78, 5) is 11.9. The number of aliphatic hydroxyl groups is 1. The molecule has 1 amide bonds. The van der Waals surface area contributed by atoms with E-state index in [1.807, 2.05) is 0 Å². The predicted octanol–water partition coefficient (Wildman–Crippen LogP) is 1.40. The molecule has 1 unspecified atom stereocenters. The molecule has 1 saturated heterocycles. The molecule has 0 bridgehead atoms. The number of nitrogens with zero attached hydrogens (tertiary/aromatic N) is 1. The fourth-order valence-electron chi connectivity index (χ4n) is 1.95. The highest BCUT2D eigenvalue weighted by Crippen LogP contribution is 2.31. The number of benzene rings is 1. The average molecular weight is 225 g/mol. The molecule has 1 aliphatic rings. The van der Waals surface area contributed by atoms with E-state index in [1.165, 1.54) is 24.3 Å². The Hall–Kier alpha value is -1.62. The number of hydrogen-bond donors (Lipinski definition) is 2. The van der Waals surface area contributed by atoms with Gasteiger partial charge in [-0.1, -0.05) is 12.1 Å². The van der Waals surface area contributed by atoms with Crippen molar-refractivity contribution in [3.05, 3.63) is 35.6 Å². The highest BCUT2D eigenvalue weighted by Gasteiger charge is 2.39. The van der Waals surface area contributed by atoms with Crippen molar-refractivity contribution in [2.75, 3.05) is 13.1 Å². The highest BCUT2D eigenvalue weighted by molar-refractivity contribution is 5.65. The lowest BCUT2D eigenvalue weighted by Crippen LogP contribution is -2.33. The highest BCUT2D eigenvalue weighted by atomic mass is 19.1. The van der Waals surface area contributed by atoms with Crippen molar-refractivity contribution in [3.63, 3.8) is 0 Å². The number of carbonyl (C=O) groups is 1. The lowest BCUT2D eigenvalue weighted by atomic mass is 9.93. The lowest BCUT2D eigenvalue weighted by Gasteiger charge is -2.22. The third kappa shape index (κ3) is 1.86. The van der Waals surface area contributed by atoms with E-state index in [-0.39, 0.29) is 12.4 Å². The number of hydrogen-bond acceptors (Lipinski definition) is 2. The molecule has 1 atom stereocenters. The fraction of sp³-hybridized carbons (Fsp3) is 0.364. The molecule has 1 aromatic rings. The van der Waals surface area contributed by atoms with Gasteiger partial charge in [0, 0.05) is 6.54 Å². The Balaban J connectivity index is 2.21. The lowest BCUT2D eigenvalue weighted by molar-refractivity contribution is 0.0458. The molecule has 0 spiro atoms. The summed E-state index contributed by atoms with van der Waals surface area (Å²) in [6.45, 7) is 0.331. The quantitative estimate of drug-likeness (QED) is 0.759. The minimum absolute atomic E-state index is 0.0357. The number of amides is 1. The maximum absolute atomic E-state index is 12.7. The summed E-state index contributed by atoms with van der Waals surface area (Å²) >= 11 is 0. The summed E-state index contributed by atoms with van der Waals surface area (Å²) in [6, 6.07) is 5.49. The van der Waals surface area contributed by atoms with Gasteiger partial charge in [-0.3, -0.25) is 0 Å². The van der Waals surface area contributed by atoms with Crippen molar-refractivity contribution in [1.82, 2.24) is 4.90 Å². The molecular formula is C11H12FNO3. The SMILES string of the molecule is O=C(O)N1CCC(O)(c2ccc(F)cc2)C1. The third-order valence-electron chi connectivity index (χ3n) is 2.90. The van der Waals surface area contributed by atoms with E-state index in [0.717, 1.165) is 4.90 Å². The average Bonchev–Trinajstić information content (AvgIpc) is 2.63. The van der Waals surface area contributed by atoms with Crippen molar-refractivity contribution in [2.45, 2.75) is 12.0 Å². The minimum atomic E-state index is -1.19. The van der Waals surface area contributed by atoms with Crippen LogP contribution in [-0.4, -0.2) is 34.3 Å². The standard InChI is InChI=1S/C11H12FNO3/c12-9-3-1-8(2-4-9)11(16)5-6-13(7-11)10(14)15/h1-4,16H,5-7H2,(H,14,15). The van der Waals surface area contributed by atoms with Gasteiger partial charge in [0.1, 0.15) is 11.4 Å². The summed E-state index contributed by atoms with van der Waals surface area (Å²) in [5.74, 6) is -0.375. The van der Waals surface area contributed by atoms with E-state index in [2.05, 4.69) is 0 Å². The summed E-state index contributed by atoms with van der Waals surface area (Å²) in [5.41, 5.74) is -0.635. The maximum atomic E-state index is 12.7. The number of carboxylic acid groups (broad SMARTS) is 1. The van der Waals surface area contributed by atoms with Gasteiger partial charge < -0.3 is 15.1 Å². The van der Waals surface area contributed by atoms with Gasteiger partial charge in [0.25, 0.3) is 0 Å². The Kier molecular flexibility index (Phi) is 2.55. The van der Waals surface area contributed by atoms with Gasteiger partial charge in [-0.2, -0.15) is 0 Å². The number of rotatable bonds is 1. The van der Waals surface area contributed by atoms with Crippen molar-refractivity contribution < 1.29 is 19.4 Å². The molecule has 5 heteroatoms. The van der Waals surface area contributed by atoms with Gasteiger partial charge in [-0.25, -0.2) is 9.18 Å². The molecule has 1 aromatic carbocycles. The smallest absolute Gasteiger partial charge is 0.407 e. The first-order valence-corrected chi connectivity index (χ1v) is 4.97. The third-order valence-corrected chi connectivity index (χ3v) is 2.90. The van der Waals surface area contributed by atoms with Crippen LogP contribution in [0, 0.1) is 5.82 Å². The Morgan fingerprint density at radius 2 is 2.00 bits per heavy atom. The molecule has 1 aliphatic heterocycles. The van der Waals surface area contributed by atoms with Crippen LogP contribution in [0.3, 0.4) is 0 Å². The molecule has 16 heavy (non-hydrogen) atoms. The first-order chi connectivity index (χ1) is 7.51. The van der Waals surface area contributed by atoms with Crippen LogP contribution in [0.2, 0.25) is 0 Å². The predicted molar refractivity (Wildman–Crippen MR) is 54.5 cm³/mol. The van der Waals surface area contributed by atoms with Crippen LogP contribution in [0.25, 0.3) is 0 Å². The zero-order valence-corrected chi connectivity index (χ0v) is 8.56. The molecule has 1 heterocycles. The second-order valence-electron chi connectivity index (χ2n) is 3.99. The van der Waals surface area contributed by atoms with Crippen LogP contribution in [0.4, 0.5) is 9.18 Å². The van der Waals surface area contributed by atoms with Gasteiger partial charge in [0.2, 0.25) is 0 Å². The van der Waals surface area contributed by atoms with Crippen molar-refractivity contribution in [1.29, 1.82) is 0 Å². The zero-order valence-electron chi connectivity index (χ0n) is 8.56. The van der Waals surface area contributed by atoms with E-state index >= 15 is 0 Å². The van der Waals surface area contributed by atoms with E-state index in [0.29, 0.717) is 18.5 Å². The first-order valence-electron chi connectivity index (χ1n) is 4.97. The van der Waals surface area contributed by atoms with Gasteiger partial charge in [-0.15, -0.1) is 0 Å². The van der Waals surface area contributed by atoms with E-state index in [1.54, 1.807) is 0 Å². The van der Waals surface area contributed by atoms with Crippen LogP contribution in [0.15, 0.2) is 24.3 Å². The number of halogens is 1. The molecule has 0 radical (unpaired) electrons. The summed E-state index contributed by atoms with van der Waals surface area (Å²) in [6.07, 6.45) is -0.705. The van der Waals surface area contributed by atoms with Crippen LogP contribution in [0.1, 0.15) is 12.0 Å². The first kappa shape index (κ1) is 10.9. The Bertz CT molecular complexity index is 406. The van der Waals surface area contributed by atoms with Crippen molar-refractivity contribution >= 4 is 6.09 Å². The molecule has 0 saturated carbocycles. The summed E-state index contributed by atoms with van der Waals surface area (Å²) in [5, 5.41) is 19.0. The normalized spacial score (nSPS) is 24.8. The fourth-order valence-corrected chi connectivity index (χ4v) is 1.95. The van der Waals surface area contributed by atoms with Crippen LogP contribution in [-0.2, 0) is 5.60 Å². The molecule has 86 valence electrons.